The first-order valence-corrected chi connectivity index (χ1v) is 11.0. The van der Waals surface area contributed by atoms with Crippen molar-refractivity contribution in [1.29, 1.82) is 0 Å². The average Bonchev–Trinajstić information content (AvgIpc) is 3.27. The maximum Gasteiger partial charge on any atom is 0.244 e. The van der Waals surface area contributed by atoms with Gasteiger partial charge < -0.3 is 24.4 Å². The van der Waals surface area contributed by atoms with Crippen molar-refractivity contribution in [3.05, 3.63) is 66.5 Å². The fourth-order valence-corrected chi connectivity index (χ4v) is 2.99. The second-order valence-electron chi connectivity index (χ2n) is 7.73. The van der Waals surface area contributed by atoms with Crippen LogP contribution < -0.4 is 19.5 Å². The molecule has 0 saturated heterocycles. The van der Waals surface area contributed by atoms with Crippen LogP contribution in [0.2, 0.25) is 0 Å². The van der Waals surface area contributed by atoms with Crippen LogP contribution >= 0.6 is 0 Å². The number of likely N-dealkylation sites (N-methyl/N-ethyl adjacent to an activating group) is 1. The zero-order chi connectivity index (χ0) is 24.3. The van der Waals surface area contributed by atoms with Crippen molar-refractivity contribution < 1.29 is 23.8 Å². The van der Waals surface area contributed by atoms with Crippen LogP contribution in [0.25, 0.3) is 0 Å². The van der Waals surface area contributed by atoms with Crippen LogP contribution in [0.5, 0.6) is 17.2 Å². The van der Waals surface area contributed by atoms with Gasteiger partial charge in [0.1, 0.15) is 30.4 Å². The highest BCUT2D eigenvalue weighted by Crippen LogP contribution is 2.17. The maximum absolute atomic E-state index is 12.4. The Hall–Kier alpha value is -4.01. The number of anilines is 1. The number of ether oxygens (including phenoxy) is 3. The number of hydrogen-bond acceptors (Lipinski definition) is 6. The van der Waals surface area contributed by atoms with Crippen LogP contribution in [0.1, 0.15) is 12.0 Å². The minimum atomic E-state index is -0.204. The van der Waals surface area contributed by atoms with Gasteiger partial charge in [-0.3, -0.25) is 14.3 Å². The lowest BCUT2D eigenvalue weighted by atomic mass is 10.2. The molecule has 0 unspecified atom stereocenters. The predicted molar refractivity (Wildman–Crippen MR) is 128 cm³/mol. The van der Waals surface area contributed by atoms with Crippen molar-refractivity contribution in [2.45, 2.75) is 19.9 Å². The molecule has 180 valence electrons. The topological polar surface area (TPSA) is 94.9 Å². The standard InChI is InChI=1S/C25H30N4O5/c1-19-4-6-22(7-5-19)34-15-13-28(2)25(31)18-29-17-20(16-26-29)27-24(30)12-14-33-23-10-8-21(32-3)9-11-23/h4-11,16-17H,12-15,18H2,1-3H3,(H,27,30). The molecule has 9 heteroatoms. The molecule has 1 aromatic heterocycles. The molecule has 2 amide bonds. The molecule has 2 aromatic carbocycles. The van der Waals surface area contributed by atoms with Gasteiger partial charge in [-0.25, -0.2) is 0 Å². The van der Waals surface area contributed by atoms with E-state index in [0.717, 1.165) is 17.1 Å². The third kappa shape index (κ3) is 7.84. The Balaban J connectivity index is 1.35. The summed E-state index contributed by atoms with van der Waals surface area (Å²) < 4.78 is 17.8. The van der Waals surface area contributed by atoms with E-state index in [4.69, 9.17) is 14.2 Å². The van der Waals surface area contributed by atoms with E-state index in [9.17, 15) is 9.59 Å². The van der Waals surface area contributed by atoms with E-state index in [-0.39, 0.29) is 31.4 Å². The number of hydrogen-bond donors (Lipinski definition) is 1. The van der Waals surface area contributed by atoms with Crippen molar-refractivity contribution in [1.82, 2.24) is 14.7 Å². The smallest absolute Gasteiger partial charge is 0.244 e. The summed E-state index contributed by atoms with van der Waals surface area (Å²) in [5.74, 6) is 1.86. The van der Waals surface area contributed by atoms with Crippen molar-refractivity contribution >= 4 is 17.5 Å². The van der Waals surface area contributed by atoms with Crippen LogP contribution in [0, 0.1) is 6.92 Å². The molecular formula is C25H30N4O5. The summed E-state index contributed by atoms with van der Waals surface area (Å²) in [6, 6.07) is 14.9. The van der Waals surface area contributed by atoms with Gasteiger partial charge in [0.2, 0.25) is 11.8 Å². The second kappa shape index (κ2) is 12.3. The molecule has 1 N–H and O–H groups in total. The Morgan fingerprint density at radius 1 is 0.971 bits per heavy atom. The van der Waals surface area contributed by atoms with Crippen LogP contribution in [0.15, 0.2) is 60.9 Å². The van der Waals surface area contributed by atoms with E-state index in [0.29, 0.717) is 24.6 Å². The van der Waals surface area contributed by atoms with Gasteiger partial charge in [-0.2, -0.15) is 5.10 Å². The van der Waals surface area contributed by atoms with Gasteiger partial charge in [-0.15, -0.1) is 0 Å². The van der Waals surface area contributed by atoms with Gasteiger partial charge in [0.25, 0.3) is 0 Å². The Kier molecular flexibility index (Phi) is 8.90. The summed E-state index contributed by atoms with van der Waals surface area (Å²) >= 11 is 0. The van der Waals surface area contributed by atoms with E-state index in [2.05, 4.69) is 10.4 Å². The molecular weight excluding hydrogens is 436 g/mol. The normalized spacial score (nSPS) is 10.4. The van der Waals surface area contributed by atoms with E-state index < -0.39 is 0 Å². The summed E-state index contributed by atoms with van der Waals surface area (Å²) in [4.78, 5) is 26.2. The maximum atomic E-state index is 12.4. The van der Waals surface area contributed by atoms with E-state index in [1.165, 1.54) is 10.9 Å². The van der Waals surface area contributed by atoms with Crippen LogP contribution in [-0.2, 0) is 16.1 Å². The first kappa shape index (κ1) is 24.6. The highest BCUT2D eigenvalue weighted by Gasteiger charge is 2.12. The van der Waals surface area contributed by atoms with Gasteiger partial charge >= 0.3 is 0 Å². The Bertz CT molecular complexity index is 1060. The number of aryl methyl sites for hydroxylation is 1. The third-order valence-electron chi connectivity index (χ3n) is 5.01. The van der Waals surface area contributed by atoms with Crippen molar-refractivity contribution in [2.75, 3.05) is 39.2 Å². The van der Waals surface area contributed by atoms with Gasteiger partial charge in [-0.05, 0) is 43.3 Å². The number of carbonyl (C=O) groups is 2. The summed E-state index contributed by atoms with van der Waals surface area (Å²) in [5.41, 5.74) is 1.68. The van der Waals surface area contributed by atoms with E-state index >= 15 is 0 Å². The first-order chi connectivity index (χ1) is 16.4. The molecule has 3 aromatic rings. The summed E-state index contributed by atoms with van der Waals surface area (Å²) in [6.07, 6.45) is 3.31. The number of carbonyl (C=O) groups excluding carboxylic acids is 2. The van der Waals surface area contributed by atoms with Gasteiger partial charge in [0.05, 0.1) is 38.6 Å². The number of aromatic nitrogens is 2. The molecule has 0 atom stereocenters. The van der Waals surface area contributed by atoms with E-state index in [1.807, 2.05) is 31.2 Å². The number of rotatable bonds is 12. The lowest BCUT2D eigenvalue weighted by molar-refractivity contribution is -0.131. The summed E-state index contributed by atoms with van der Waals surface area (Å²) in [5, 5.41) is 6.91. The second-order valence-corrected chi connectivity index (χ2v) is 7.73. The van der Waals surface area contributed by atoms with Crippen molar-refractivity contribution in [3.63, 3.8) is 0 Å². The predicted octanol–water partition coefficient (Wildman–Crippen LogP) is 3.15. The Labute approximate surface area is 199 Å². The highest BCUT2D eigenvalue weighted by atomic mass is 16.5. The number of amides is 2. The zero-order valence-electron chi connectivity index (χ0n) is 19.7. The fraction of sp³-hybridized carbons (Fsp3) is 0.320. The minimum Gasteiger partial charge on any atom is -0.497 e. The quantitative estimate of drug-likeness (QED) is 0.441. The molecule has 0 saturated carbocycles. The molecule has 0 radical (unpaired) electrons. The molecule has 34 heavy (non-hydrogen) atoms. The molecule has 0 aliphatic carbocycles. The summed E-state index contributed by atoms with van der Waals surface area (Å²) in [7, 11) is 3.31. The Morgan fingerprint density at radius 2 is 1.59 bits per heavy atom. The first-order valence-electron chi connectivity index (χ1n) is 11.0. The minimum absolute atomic E-state index is 0.0669. The molecule has 9 nitrogen and oxygen atoms in total. The third-order valence-corrected chi connectivity index (χ3v) is 5.01. The molecule has 3 rings (SSSR count). The lowest BCUT2D eigenvalue weighted by Crippen LogP contribution is -2.33. The number of methoxy groups -OCH3 is 1. The summed E-state index contributed by atoms with van der Waals surface area (Å²) in [6.45, 7) is 3.16. The van der Waals surface area contributed by atoms with Gasteiger partial charge in [0, 0.05) is 13.2 Å². The van der Waals surface area contributed by atoms with Crippen LogP contribution in [-0.4, -0.2) is 60.4 Å². The average molecular weight is 467 g/mol. The van der Waals surface area contributed by atoms with Gasteiger partial charge in [0.15, 0.2) is 0 Å². The largest absolute Gasteiger partial charge is 0.497 e. The Morgan fingerprint density at radius 3 is 2.26 bits per heavy atom. The number of benzene rings is 2. The molecule has 0 bridgehead atoms. The monoisotopic (exact) mass is 466 g/mol. The molecule has 0 spiro atoms. The van der Waals surface area contributed by atoms with Gasteiger partial charge in [-0.1, -0.05) is 17.7 Å². The molecule has 0 aliphatic heterocycles. The highest BCUT2D eigenvalue weighted by molar-refractivity contribution is 5.90. The fourth-order valence-electron chi connectivity index (χ4n) is 2.99. The van der Waals surface area contributed by atoms with Crippen LogP contribution in [0.3, 0.4) is 0 Å². The lowest BCUT2D eigenvalue weighted by Gasteiger charge is -2.17. The SMILES string of the molecule is COc1ccc(OCCC(=O)Nc2cnn(CC(=O)N(C)CCOc3ccc(C)cc3)c2)cc1. The zero-order valence-corrected chi connectivity index (χ0v) is 19.7. The van der Waals surface area contributed by atoms with Crippen LogP contribution in [0.4, 0.5) is 5.69 Å². The van der Waals surface area contributed by atoms with Crippen molar-refractivity contribution in [2.24, 2.45) is 0 Å². The van der Waals surface area contributed by atoms with E-state index in [1.54, 1.807) is 49.5 Å². The molecule has 0 fully saturated rings. The molecule has 0 aliphatic rings. The number of nitrogens with zero attached hydrogens (tertiary/aromatic N) is 3. The van der Waals surface area contributed by atoms with Crippen molar-refractivity contribution in [3.8, 4) is 17.2 Å². The number of nitrogens with one attached hydrogen (secondary N) is 1. The molecule has 1 heterocycles.